The highest BCUT2D eigenvalue weighted by atomic mass is 32.2. The number of benzene rings is 2. The number of fused-ring (bicyclic) bond motifs is 5. The Kier molecular flexibility index (Phi) is 6.85. The first kappa shape index (κ1) is 30.2. The fraction of sp³-hybridized carbons (Fsp3) is 0.378. The van der Waals surface area contributed by atoms with Gasteiger partial charge in [0.2, 0.25) is 17.5 Å². The van der Waals surface area contributed by atoms with Crippen molar-refractivity contribution in [3.8, 4) is 17.1 Å². The second-order valence-electron chi connectivity index (χ2n) is 14.4. The predicted molar refractivity (Wildman–Crippen MR) is 182 cm³/mol. The van der Waals surface area contributed by atoms with E-state index in [1.54, 1.807) is 29.3 Å². The van der Waals surface area contributed by atoms with Gasteiger partial charge in [0.15, 0.2) is 0 Å². The number of rotatable bonds is 6. The van der Waals surface area contributed by atoms with E-state index in [4.69, 9.17) is 14.1 Å². The van der Waals surface area contributed by atoms with Crippen LogP contribution in [0, 0.1) is 25.2 Å². The van der Waals surface area contributed by atoms with Crippen LogP contribution in [0.2, 0.25) is 0 Å². The Morgan fingerprint density at radius 3 is 2.49 bits per heavy atom. The van der Waals surface area contributed by atoms with Crippen molar-refractivity contribution in [2.45, 2.75) is 75.8 Å². The highest BCUT2D eigenvalue weighted by Gasteiger charge is 2.57. The molecular weight excluding hydrogens is 641 g/mol. The van der Waals surface area contributed by atoms with E-state index in [2.05, 4.69) is 19.7 Å². The van der Waals surface area contributed by atoms with E-state index in [-0.39, 0.29) is 52.8 Å². The van der Waals surface area contributed by atoms with Gasteiger partial charge in [-0.1, -0.05) is 24.3 Å². The van der Waals surface area contributed by atoms with Gasteiger partial charge in [-0.3, -0.25) is 4.79 Å². The van der Waals surface area contributed by atoms with Crippen molar-refractivity contribution in [2.24, 2.45) is 11.3 Å². The molecule has 49 heavy (non-hydrogen) atoms. The Balaban J connectivity index is 1.15. The molecule has 11 nitrogen and oxygen atoms in total. The number of carbonyl (C=O) groups is 1. The zero-order valence-electron chi connectivity index (χ0n) is 27.3. The number of hydrogen-bond donors (Lipinski definition) is 1. The summed E-state index contributed by atoms with van der Waals surface area (Å²) in [7, 11) is -4.17. The van der Waals surface area contributed by atoms with E-state index < -0.39 is 10.0 Å². The normalized spacial score (nSPS) is 24.0. The first-order valence-corrected chi connectivity index (χ1v) is 18.4. The molecule has 10 rings (SSSR count). The number of anilines is 1. The van der Waals surface area contributed by atoms with Crippen LogP contribution < -0.4 is 9.46 Å². The molecule has 4 aliphatic carbocycles. The van der Waals surface area contributed by atoms with Gasteiger partial charge < -0.3 is 14.1 Å². The van der Waals surface area contributed by atoms with Gasteiger partial charge in [-0.05, 0) is 93.0 Å². The molecule has 5 aliphatic rings. The number of amides is 1. The monoisotopic (exact) mass is 676 g/mol. The van der Waals surface area contributed by atoms with Crippen molar-refractivity contribution in [2.75, 3.05) is 11.3 Å². The molecule has 1 atom stereocenters. The van der Waals surface area contributed by atoms with Gasteiger partial charge in [-0.15, -0.1) is 0 Å². The Bertz CT molecular complexity index is 2230. The average molecular weight is 677 g/mol. The van der Waals surface area contributed by atoms with Crippen molar-refractivity contribution >= 4 is 33.1 Å². The Morgan fingerprint density at radius 1 is 0.980 bits per heavy atom. The topological polar surface area (TPSA) is 140 Å². The molecule has 2 aromatic carbocycles. The number of furan rings is 1. The first-order valence-electron chi connectivity index (χ1n) is 16.9. The quantitative estimate of drug-likeness (QED) is 0.212. The lowest BCUT2D eigenvalue weighted by Crippen LogP contribution is -2.56. The number of hydrogen-bond acceptors (Lipinski definition) is 9. The van der Waals surface area contributed by atoms with Crippen molar-refractivity contribution in [1.82, 2.24) is 24.8 Å². The first-order chi connectivity index (χ1) is 23.6. The molecule has 0 spiro atoms. The molecule has 4 fully saturated rings. The van der Waals surface area contributed by atoms with Crippen molar-refractivity contribution < 1.29 is 22.4 Å². The molecule has 1 amide bonds. The molecule has 4 heterocycles. The number of sulfonamides is 1. The standard InChI is InChI=1S/C37H36N6O5S/c1-21-5-3-6-22(2)33(21)29-13-32-41-36(40-29)42-49(45,46)28-8-4-7-25(11-28)35(44)43(27(20-47-32)17-37-14-23(15-37)16-37)19-26-18-38-34-30(39-26)12-31(48-34)24-9-10-24/h3-8,11-13,18,23-24,27H,9-10,14-17,19-20H2,1-2H3,(H,40,41,42)/t23?,27-,37?/m1/s1. The lowest BCUT2D eigenvalue weighted by atomic mass is 9.43. The maximum absolute atomic E-state index is 14.6. The summed E-state index contributed by atoms with van der Waals surface area (Å²) < 4.78 is 42.4. The van der Waals surface area contributed by atoms with Crippen LogP contribution in [0.25, 0.3) is 22.5 Å². The Morgan fingerprint density at radius 2 is 1.76 bits per heavy atom. The van der Waals surface area contributed by atoms with Crippen LogP contribution in [-0.4, -0.2) is 51.8 Å². The van der Waals surface area contributed by atoms with Crippen LogP contribution >= 0.6 is 0 Å². The fourth-order valence-electron chi connectivity index (χ4n) is 7.95. The minimum absolute atomic E-state index is 0.0655. The maximum atomic E-state index is 14.6. The second kappa shape index (κ2) is 11.1. The van der Waals surface area contributed by atoms with Crippen molar-refractivity contribution in [3.63, 3.8) is 0 Å². The summed E-state index contributed by atoms with van der Waals surface area (Å²) in [5.74, 6) is 1.89. The zero-order chi connectivity index (χ0) is 33.5. The second-order valence-corrected chi connectivity index (χ2v) is 16.1. The average Bonchev–Trinajstić information content (AvgIpc) is 3.80. The summed E-state index contributed by atoms with van der Waals surface area (Å²) in [6, 6.07) is 15.4. The van der Waals surface area contributed by atoms with E-state index in [0.29, 0.717) is 28.5 Å². The van der Waals surface area contributed by atoms with E-state index in [1.807, 2.05) is 38.1 Å². The van der Waals surface area contributed by atoms with Gasteiger partial charge >= 0.3 is 0 Å². The molecule has 0 radical (unpaired) electrons. The third-order valence-electron chi connectivity index (χ3n) is 10.6. The minimum atomic E-state index is -4.17. The van der Waals surface area contributed by atoms with Crippen molar-refractivity contribution in [3.05, 3.63) is 88.9 Å². The SMILES string of the molecule is Cc1cccc(C)c1-c1cc2nc(n1)NS(=O)(=O)c1cccc(c1)C(=O)N(Cc1cnc3oc(C4CC4)cc3n1)[C@H](CC13CC(C1)C3)CO2. The van der Waals surface area contributed by atoms with E-state index >= 15 is 0 Å². The molecule has 0 saturated heterocycles. The molecule has 4 saturated carbocycles. The number of ether oxygens (including phenoxy) is 1. The predicted octanol–water partition coefficient (Wildman–Crippen LogP) is 6.57. The van der Waals surface area contributed by atoms with Crippen LogP contribution in [0.15, 0.2) is 70.1 Å². The smallest absolute Gasteiger partial charge is 0.264 e. The number of aromatic nitrogens is 4. The molecule has 1 aliphatic heterocycles. The van der Waals surface area contributed by atoms with Gasteiger partial charge in [0.05, 0.1) is 35.1 Å². The zero-order valence-corrected chi connectivity index (χ0v) is 28.2. The lowest BCUT2D eigenvalue weighted by Gasteiger charge is -2.63. The van der Waals surface area contributed by atoms with E-state index in [1.165, 1.54) is 12.1 Å². The largest absolute Gasteiger partial charge is 0.475 e. The molecule has 3 aromatic heterocycles. The summed E-state index contributed by atoms with van der Waals surface area (Å²) in [5, 5.41) is 0. The van der Waals surface area contributed by atoms with Gasteiger partial charge in [0.25, 0.3) is 15.9 Å². The summed E-state index contributed by atoms with van der Waals surface area (Å²) in [5.41, 5.74) is 5.57. The molecular formula is C37H36N6O5S. The van der Waals surface area contributed by atoms with Crippen LogP contribution in [0.3, 0.4) is 0 Å². The Hall–Kier alpha value is -4.84. The van der Waals surface area contributed by atoms with E-state index in [9.17, 15) is 13.2 Å². The highest BCUT2D eigenvalue weighted by molar-refractivity contribution is 7.92. The van der Waals surface area contributed by atoms with E-state index in [0.717, 1.165) is 66.9 Å². The summed E-state index contributed by atoms with van der Waals surface area (Å²) >= 11 is 0. The van der Waals surface area contributed by atoms with Crippen LogP contribution in [0.5, 0.6) is 5.88 Å². The van der Waals surface area contributed by atoms with Gasteiger partial charge in [0, 0.05) is 29.2 Å². The molecule has 12 heteroatoms. The summed E-state index contributed by atoms with van der Waals surface area (Å²) in [6.07, 6.45) is 8.04. The molecule has 6 bridgehead atoms. The third-order valence-corrected chi connectivity index (χ3v) is 12.0. The number of nitrogens with one attached hydrogen (secondary N) is 1. The summed E-state index contributed by atoms with van der Waals surface area (Å²) in [6.45, 7) is 4.29. The Labute approximate surface area is 284 Å². The molecule has 5 aromatic rings. The number of nitrogens with zero attached hydrogens (tertiary/aromatic N) is 5. The lowest BCUT2D eigenvalue weighted by molar-refractivity contribution is -0.126. The number of carbonyl (C=O) groups excluding carboxylic acids is 1. The summed E-state index contributed by atoms with van der Waals surface area (Å²) in [4.78, 5) is 34.9. The van der Waals surface area contributed by atoms with Crippen LogP contribution in [-0.2, 0) is 16.6 Å². The molecule has 0 unspecified atom stereocenters. The van der Waals surface area contributed by atoms with Crippen molar-refractivity contribution in [1.29, 1.82) is 0 Å². The number of aryl methyl sites for hydroxylation is 2. The van der Waals surface area contributed by atoms with Crippen LogP contribution in [0.4, 0.5) is 5.95 Å². The van der Waals surface area contributed by atoms with Gasteiger partial charge in [0.1, 0.15) is 17.9 Å². The highest BCUT2D eigenvalue weighted by Crippen LogP contribution is 2.66. The fourth-order valence-corrected chi connectivity index (χ4v) is 8.94. The maximum Gasteiger partial charge on any atom is 0.264 e. The molecule has 1 N–H and O–H groups in total. The van der Waals surface area contributed by atoms with Crippen LogP contribution in [0.1, 0.15) is 77.4 Å². The minimum Gasteiger partial charge on any atom is -0.475 e. The van der Waals surface area contributed by atoms with Gasteiger partial charge in [-0.25, -0.2) is 28.1 Å². The van der Waals surface area contributed by atoms with Gasteiger partial charge in [-0.2, -0.15) is 4.98 Å². The third kappa shape index (κ3) is 5.51. The molecule has 250 valence electrons.